The predicted octanol–water partition coefficient (Wildman–Crippen LogP) is 5.85. The van der Waals surface area contributed by atoms with Crippen molar-refractivity contribution < 1.29 is 19.1 Å². The van der Waals surface area contributed by atoms with E-state index < -0.39 is 11.7 Å². The number of nitrogens with zero attached hydrogens (tertiary/aromatic N) is 1. The molecule has 0 radical (unpaired) electrons. The van der Waals surface area contributed by atoms with Crippen LogP contribution in [0.2, 0.25) is 0 Å². The van der Waals surface area contributed by atoms with Crippen LogP contribution in [0.1, 0.15) is 36.7 Å². The molecule has 0 saturated heterocycles. The Morgan fingerprint density at radius 3 is 2.33 bits per heavy atom. The van der Waals surface area contributed by atoms with Crippen molar-refractivity contribution in [3.8, 4) is 5.75 Å². The summed E-state index contributed by atoms with van der Waals surface area (Å²) in [5.74, 6) is 0.578. The van der Waals surface area contributed by atoms with Crippen LogP contribution in [0.5, 0.6) is 5.75 Å². The van der Waals surface area contributed by atoms with Gasteiger partial charge in [-0.25, -0.2) is 4.79 Å². The molecule has 0 aliphatic heterocycles. The quantitative estimate of drug-likeness (QED) is 0.245. The van der Waals surface area contributed by atoms with E-state index in [1.807, 2.05) is 25.1 Å². The zero-order valence-electron chi connectivity index (χ0n) is 21.5. The van der Waals surface area contributed by atoms with Crippen LogP contribution >= 0.6 is 0 Å². The highest BCUT2D eigenvalue weighted by Gasteiger charge is 2.17. The van der Waals surface area contributed by atoms with Gasteiger partial charge in [0.2, 0.25) is 5.96 Å². The van der Waals surface area contributed by atoms with E-state index in [1.165, 1.54) is 7.05 Å². The van der Waals surface area contributed by atoms with Gasteiger partial charge in [-0.05, 0) is 75.2 Å². The summed E-state index contributed by atoms with van der Waals surface area (Å²) in [6.45, 7) is 15.0. The van der Waals surface area contributed by atoms with Crippen LogP contribution in [-0.4, -0.2) is 37.2 Å². The lowest BCUT2D eigenvalue weighted by Gasteiger charge is -2.20. The summed E-state index contributed by atoms with van der Waals surface area (Å²) in [5.41, 5.74) is 2.85. The van der Waals surface area contributed by atoms with Gasteiger partial charge in [0.25, 0.3) is 5.91 Å². The summed E-state index contributed by atoms with van der Waals surface area (Å²) in [5, 5.41) is 8.51. The van der Waals surface area contributed by atoms with Gasteiger partial charge in [-0.2, -0.15) is 0 Å². The predicted molar refractivity (Wildman–Crippen MR) is 146 cm³/mol. The monoisotopic (exact) mass is 490 g/mol. The van der Waals surface area contributed by atoms with Crippen molar-refractivity contribution >= 4 is 29.3 Å². The van der Waals surface area contributed by atoms with Crippen LogP contribution in [0.3, 0.4) is 0 Å². The first-order valence-electron chi connectivity index (χ1n) is 11.4. The number of allylic oxidation sites excluding steroid dienone is 2. The highest BCUT2D eigenvalue weighted by Crippen LogP contribution is 2.22. The molecule has 0 spiro atoms. The molecule has 0 aromatic heterocycles. The van der Waals surface area contributed by atoms with Gasteiger partial charge < -0.3 is 20.1 Å². The minimum absolute atomic E-state index is 0.212. The Kier molecular flexibility index (Phi) is 10.0. The Morgan fingerprint density at radius 2 is 1.75 bits per heavy atom. The first kappa shape index (κ1) is 27.9. The molecule has 0 bridgehead atoms. The number of carbonyl (C=O) groups is 2. The number of aliphatic imine (C=N–C) groups is 1. The van der Waals surface area contributed by atoms with Crippen molar-refractivity contribution in [3.05, 3.63) is 90.6 Å². The van der Waals surface area contributed by atoms with Crippen molar-refractivity contribution in [1.29, 1.82) is 0 Å². The Labute approximate surface area is 212 Å². The van der Waals surface area contributed by atoms with Gasteiger partial charge in [-0.3, -0.25) is 15.1 Å². The van der Waals surface area contributed by atoms with Gasteiger partial charge in [0.15, 0.2) is 0 Å². The smallest absolute Gasteiger partial charge is 0.414 e. The molecule has 2 amide bonds. The Morgan fingerprint density at radius 1 is 1.06 bits per heavy atom. The summed E-state index contributed by atoms with van der Waals surface area (Å²) in [7, 11) is 1.54. The highest BCUT2D eigenvalue weighted by molar-refractivity contribution is 6.06. The first-order chi connectivity index (χ1) is 17.0. The lowest BCUT2D eigenvalue weighted by molar-refractivity contribution is 0.0563. The zero-order valence-corrected chi connectivity index (χ0v) is 21.5. The molecule has 0 unspecified atom stereocenters. The lowest BCUT2D eigenvalue weighted by Crippen LogP contribution is -2.39. The summed E-state index contributed by atoms with van der Waals surface area (Å²) in [6.07, 6.45) is 4.58. The van der Waals surface area contributed by atoms with Crippen LogP contribution in [-0.2, 0) is 4.74 Å². The van der Waals surface area contributed by atoms with Crippen molar-refractivity contribution in [2.24, 2.45) is 4.99 Å². The third-order valence-electron chi connectivity index (χ3n) is 4.71. The number of hydrogen-bond acceptors (Lipinski definition) is 5. The standard InChI is InChI=1S/C28H34N4O4/c1-8-10-20(9-2)18-35-23-15-12-21(13-16-23)25(33)31-24-17-22(14-11-19(24)3)30-26(29-7)32-27(34)36-28(4,5)6/h8-17H,1-2,18H2,3-7H3,(H,31,33)(H2,29,30,32,34)/b20-10+. The van der Waals surface area contributed by atoms with Gasteiger partial charge in [-0.15, -0.1) is 0 Å². The summed E-state index contributed by atoms with van der Waals surface area (Å²) >= 11 is 0. The maximum absolute atomic E-state index is 12.8. The summed E-state index contributed by atoms with van der Waals surface area (Å²) in [4.78, 5) is 28.9. The van der Waals surface area contributed by atoms with E-state index in [2.05, 4.69) is 34.1 Å². The molecular weight excluding hydrogens is 456 g/mol. The van der Waals surface area contributed by atoms with E-state index in [9.17, 15) is 9.59 Å². The number of hydrogen-bond donors (Lipinski definition) is 3. The van der Waals surface area contributed by atoms with E-state index in [-0.39, 0.29) is 11.9 Å². The van der Waals surface area contributed by atoms with Crippen LogP contribution < -0.4 is 20.7 Å². The zero-order chi connectivity index (χ0) is 26.7. The molecule has 2 aromatic rings. The Balaban J connectivity index is 2.05. The van der Waals surface area contributed by atoms with E-state index in [4.69, 9.17) is 9.47 Å². The fourth-order valence-electron chi connectivity index (χ4n) is 2.90. The normalized spacial score (nSPS) is 11.8. The molecule has 36 heavy (non-hydrogen) atoms. The average Bonchev–Trinajstić information content (AvgIpc) is 2.82. The third kappa shape index (κ3) is 9.13. The maximum Gasteiger partial charge on any atom is 0.414 e. The number of nitrogens with one attached hydrogen (secondary N) is 3. The first-order valence-corrected chi connectivity index (χ1v) is 11.4. The molecule has 0 atom stereocenters. The molecule has 8 heteroatoms. The van der Waals surface area contributed by atoms with Crippen LogP contribution in [0.25, 0.3) is 0 Å². The van der Waals surface area contributed by atoms with Crippen LogP contribution in [0.4, 0.5) is 16.2 Å². The maximum atomic E-state index is 12.8. The number of carbonyl (C=O) groups excluding carboxylic acids is 2. The average molecular weight is 491 g/mol. The molecule has 2 rings (SSSR count). The van der Waals surface area contributed by atoms with E-state index in [0.29, 0.717) is 29.3 Å². The Hall–Kier alpha value is -4.33. The minimum Gasteiger partial charge on any atom is -0.489 e. The van der Waals surface area contributed by atoms with Crippen molar-refractivity contribution in [2.45, 2.75) is 33.3 Å². The number of ether oxygens (including phenoxy) is 2. The topological polar surface area (TPSA) is 101 Å². The number of anilines is 2. The molecule has 2 aromatic carbocycles. The second-order valence-electron chi connectivity index (χ2n) is 8.80. The molecule has 0 fully saturated rings. The number of rotatable bonds is 8. The lowest BCUT2D eigenvalue weighted by atomic mass is 10.1. The van der Waals surface area contributed by atoms with Crippen LogP contribution in [0.15, 0.2) is 84.4 Å². The fourth-order valence-corrected chi connectivity index (χ4v) is 2.90. The second-order valence-corrected chi connectivity index (χ2v) is 8.80. The van der Waals surface area contributed by atoms with Gasteiger partial charge in [0.05, 0.1) is 0 Å². The number of alkyl carbamates (subject to hydrolysis) is 1. The molecule has 0 aliphatic carbocycles. The van der Waals surface area contributed by atoms with Gasteiger partial charge in [0, 0.05) is 24.0 Å². The SMILES string of the molecule is C=C/C=C(\C=C)COc1ccc(C(=O)Nc2cc(NC(=NC)NC(=O)OC(C)(C)C)ccc2C)cc1. The third-order valence-corrected chi connectivity index (χ3v) is 4.71. The summed E-state index contributed by atoms with van der Waals surface area (Å²) < 4.78 is 11.0. The fraction of sp³-hybridized carbons (Fsp3) is 0.250. The van der Waals surface area contributed by atoms with Crippen molar-refractivity contribution in [3.63, 3.8) is 0 Å². The molecule has 0 aliphatic rings. The summed E-state index contributed by atoms with van der Waals surface area (Å²) in [6, 6.07) is 12.3. The molecular formula is C28H34N4O4. The number of aryl methyl sites for hydroxylation is 1. The molecule has 190 valence electrons. The van der Waals surface area contributed by atoms with Crippen molar-refractivity contribution in [1.82, 2.24) is 5.32 Å². The minimum atomic E-state index is -0.633. The van der Waals surface area contributed by atoms with E-state index >= 15 is 0 Å². The van der Waals surface area contributed by atoms with Crippen LogP contribution in [0, 0.1) is 6.92 Å². The second kappa shape index (κ2) is 12.9. The van der Waals surface area contributed by atoms with Gasteiger partial charge in [0.1, 0.15) is 18.0 Å². The Bertz CT molecular complexity index is 1160. The molecule has 0 saturated carbocycles. The van der Waals surface area contributed by atoms with Crippen molar-refractivity contribution in [2.75, 3.05) is 24.3 Å². The van der Waals surface area contributed by atoms with Gasteiger partial charge in [-0.1, -0.05) is 37.5 Å². The largest absolute Gasteiger partial charge is 0.489 e. The van der Waals surface area contributed by atoms with E-state index in [1.54, 1.807) is 63.3 Å². The van der Waals surface area contributed by atoms with Gasteiger partial charge >= 0.3 is 6.09 Å². The molecule has 8 nitrogen and oxygen atoms in total. The highest BCUT2D eigenvalue weighted by atomic mass is 16.6. The number of guanidine groups is 1. The number of amides is 2. The van der Waals surface area contributed by atoms with E-state index in [0.717, 1.165) is 11.1 Å². The molecule has 0 heterocycles. The number of benzene rings is 2. The molecule has 3 N–H and O–H groups in total.